The molecular weight excluding hydrogens is 1500 g/mol. The number of phenols is 6. The summed E-state index contributed by atoms with van der Waals surface area (Å²) in [7, 11) is 1.51. The average Bonchev–Trinajstić information content (AvgIpc) is 1.65. The van der Waals surface area contributed by atoms with Gasteiger partial charge >= 0.3 is 0 Å². The van der Waals surface area contributed by atoms with Crippen molar-refractivity contribution in [3.63, 3.8) is 0 Å². The number of ether oxygens (including phenoxy) is 1. The molecule has 556 valence electrons. The van der Waals surface area contributed by atoms with E-state index in [0.29, 0.717) is 99.9 Å². The van der Waals surface area contributed by atoms with E-state index in [1.807, 2.05) is 172 Å². The smallest absolute Gasteiger partial charge is 0.270 e. The number of aromatic amines is 4. The molecule has 4 heterocycles. The van der Waals surface area contributed by atoms with Gasteiger partial charge < -0.3 is 55.3 Å². The fraction of sp³-hybridized carbons (Fsp3) is 0.0345. The SMILES string of the molecule is COc1ccc(-c2nc(-c3ccccc3)c(-c3cccc(Cl)c3Cl)[nH]2)cc1O.Cc1ccc([N+](=O)[O-])cc1-c1[nH]c(-c2ccc(O)c(O)c2)nc1-c1ccccc1.Cc1ccc([N+](=O)[O-])cc1-c1[nH]c(-c2cccc(O)c2)nc1-c1ccccc1.Oc1ccc(-c2nc(-c3ccccc3)c(-c3cccc(Cl)c3Cl)[nH]2)cc1O. The number of rotatable bonds is 15. The molecule has 16 rings (SSSR count). The largest absolute Gasteiger partial charge is 0.508 e. The standard InChI is InChI=1S/C22H16Cl2N2O2.C22H17N3O4.C22H17N3O3.C21H14Cl2N2O2/c1-28-18-11-10-14(12-17(18)27)22-25-20(13-6-3-2-4-7-13)21(26-22)15-8-5-9-16(23)19(15)24;1-13-7-9-16(25(28)29)12-17(13)21-20(14-5-3-2-4-6-14)23-22(24-21)15-8-10-18(26)19(27)11-15;1-14-10-11-17(25(27)28)13-19(14)21-20(15-6-3-2-4-7-15)23-22(24-21)16-8-5-9-18(26)12-16;22-15-8-4-7-14(18(15)23)20-19(12-5-2-1-3-6-12)24-21(25-20)13-9-10-16(26)17(27)11-13/h2-12,27H,1H3,(H,25,26);2-12,26-27H,1H3,(H,23,24);2-13,26H,1H3,(H,23,24);1-11,26-27H,(H,24,25). The van der Waals surface area contributed by atoms with Gasteiger partial charge in [-0.25, -0.2) is 19.9 Å². The molecule has 0 unspecified atom stereocenters. The van der Waals surface area contributed by atoms with E-state index in [4.69, 9.17) is 71.1 Å². The van der Waals surface area contributed by atoms with E-state index in [1.165, 1.54) is 49.6 Å². The summed E-state index contributed by atoms with van der Waals surface area (Å²) < 4.78 is 5.12. The van der Waals surface area contributed by atoms with Gasteiger partial charge in [-0.1, -0.05) is 216 Å². The molecule has 0 aliphatic carbocycles. The molecule has 0 amide bonds. The Balaban J connectivity index is 0.000000131. The van der Waals surface area contributed by atoms with Crippen LogP contribution in [0.1, 0.15) is 11.1 Å². The summed E-state index contributed by atoms with van der Waals surface area (Å²) in [5, 5.41) is 83.1. The van der Waals surface area contributed by atoms with Gasteiger partial charge in [-0.05, 0) is 104 Å². The highest BCUT2D eigenvalue weighted by Gasteiger charge is 2.25. The first-order chi connectivity index (χ1) is 54.1. The number of nitrogens with one attached hydrogen (secondary N) is 4. The van der Waals surface area contributed by atoms with Crippen molar-refractivity contribution in [2.24, 2.45) is 0 Å². The molecule has 16 aromatic rings. The molecule has 0 bridgehead atoms. The van der Waals surface area contributed by atoms with Crippen molar-refractivity contribution in [2.75, 3.05) is 7.11 Å². The van der Waals surface area contributed by atoms with E-state index in [1.54, 1.807) is 72.8 Å². The predicted octanol–water partition coefficient (Wildman–Crippen LogP) is 22.9. The number of benzene rings is 12. The van der Waals surface area contributed by atoms with Crippen molar-refractivity contribution in [3.05, 3.63) is 324 Å². The van der Waals surface area contributed by atoms with Crippen LogP contribution in [0.3, 0.4) is 0 Å². The Morgan fingerprint density at radius 1 is 0.321 bits per heavy atom. The first-order valence-corrected chi connectivity index (χ1v) is 35.8. The predicted molar refractivity (Wildman–Crippen MR) is 439 cm³/mol. The van der Waals surface area contributed by atoms with Crippen molar-refractivity contribution in [1.82, 2.24) is 39.9 Å². The van der Waals surface area contributed by atoms with Crippen molar-refractivity contribution in [3.8, 4) is 176 Å². The highest BCUT2D eigenvalue weighted by molar-refractivity contribution is 6.44. The lowest BCUT2D eigenvalue weighted by atomic mass is 10.0. The summed E-state index contributed by atoms with van der Waals surface area (Å²) in [6.07, 6.45) is 0. The van der Waals surface area contributed by atoms with E-state index in [-0.39, 0.29) is 45.9 Å². The number of aromatic hydroxyl groups is 6. The van der Waals surface area contributed by atoms with Crippen LogP contribution in [0.5, 0.6) is 40.2 Å². The number of halogens is 4. The third-order valence-corrected chi connectivity index (χ3v) is 19.6. The zero-order chi connectivity index (χ0) is 78.9. The Hall–Kier alpha value is -14.0. The molecule has 12 aromatic carbocycles. The van der Waals surface area contributed by atoms with Crippen LogP contribution in [0, 0.1) is 34.1 Å². The number of aryl methyl sites for hydroxylation is 2. The number of hydrogen-bond donors (Lipinski definition) is 10. The Kier molecular flexibility index (Phi) is 22.9. The first-order valence-electron chi connectivity index (χ1n) is 34.3. The second kappa shape index (κ2) is 33.7. The highest BCUT2D eigenvalue weighted by atomic mass is 35.5. The van der Waals surface area contributed by atoms with Gasteiger partial charge in [0.1, 0.15) is 29.0 Å². The van der Waals surface area contributed by atoms with Gasteiger partial charge in [0, 0.05) is 91.0 Å². The number of non-ortho nitro benzene ring substituents is 2. The molecule has 4 aromatic heterocycles. The Morgan fingerprint density at radius 2 is 0.634 bits per heavy atom. The maximum atomic E-state index is 11.3. The van der Waals surface area contributed by atoms with Crippen LogP contribution in [0.4, 0.5) is 11.4 Å². The van der Waals surface area contributed by atoms with Crippen molar-refractivity contribution >= 4 is 57.8 Å². The van der Waals surface area contributed by atoms with Crippen LogP contribution < -0.4 is 4.74 Å². The van der Waals surface area contributed by atoms with Crippen molar-refractivity contribution < 1.29 is 45.2 Å². The molecule has 0 aliphatic rings. The lowest BCUT2D eigenvalue weighted by Gasteiger charge is -2.07. The quantitative estimate of drug-likeness (QED) is 0.0259. The monoisotopic (exact) mass is 1560 g/mol. The van der Waals surface area contributed by atoms with Gasteiger partial charge in [0.15, 0.2) is 34.5 Å². The van der Waals surface area contributed by atoms with Gasteiger partial charge in [-0.15, -0.1) is 0 Å². The van der Waals surface area contributed by atoms with E-state index < -0.39 is 9.85 Å². The number of methoxy groups -OCH3 is 1. The lowest BCUT2D eigenvalue weighted by molar-refractivity contribution is -0.385. The van der Waals surface area contributed by atoms with Crippen molar-refractivity contribution in [2.45, 2.75) is 13.8 Å². The molecule has 10 N–H and O–H groups in total. The number of hydrogen-bond acceptors (Lipinski definition) is 15. The average molecular weight is 1570 g/mol. The molecule has 0 fully saturated rings. The molecule has 0 aliphatic heterocycles. The Morgan fingerprint density at radius 3 is 0.955 bits per heavy atom. The molecule has 0 radical (unpaired) electrons. The molecule has 0 saturated carbocycles. The fourth-order valence-corrected chi connectivity index (χ4v) is 13.0. The molecule has 0 spiro atoms. The second-order valence-electron chi connectivity index (χ2n) is 25.3. The molecule has 21 nitrogen and oxygen atoms in total. The number of imidazole rings is 4. The van der Waals surface area contributed by atoms with Crippen LogP contribution in [0.15, 0.2) is 273 Å². The van der Waals surface area contributed by atoms with Gasteiger partial charge in [0.2, 0.25) is 0 Å². The molecule has 0 atom stereocenters. The third kappa shape index (κ3) is 16.8. The summed E-state index contributed by atoms with van der Waals surface area (Å²) in [5.41, 5.74) is 16.5. The number of nitro benzene ring substituents is 2. The van der Waals surface area contributed by atoms with Crippen LogP contribution >= 0.6 is 46.4 Å². The zero-order valence-corrected chi connectivity index (χ0v) is 62.4. The third-order valence-electron chi connectivity index (χ3n) is 17.9. The minimum Gasteiger partial charge on any atom is -0.508 e. The number of aromatic nitrogens is 8. The summed E-state index contributed by atoms with van der Waals surface area (Å²) in [5.74, 6) is 1.89. The maximum Gasteiger partial charge on any atom is 0.270 e. The normalized spacial score (nSPS) is 10.8. The lowest BCUT2D eigenvalue weighted by Crippen LogP contribution is -1.92. The summed E-state index contributed by atoms with van der Waals surface area (Å²) >= 11 is 25.3. The van der Waals surface area contributed by atoms with E-state index in [9.17, 15) is 50.9 Å². The Bertz CT molecular complexity index is 6140. The van der Waals surface area contributed by atoms with Gasteiger partial charge in [0.05, 0.1) is 82.6 Å². The second-order valence-corrected chi connectivity index (χ2v) is 26.8. The number of H-pyrrole nitrogens is 4. The first kappa shape index (κ1) is 76.2. The number of nitro groups is 2. The summed E-state index contributed by atoms with van der Waals surface area (Å²) in [6.45, 7) is 3.78. The fourth-order valence-electron chi connectivity index (χ4n) is 12.3. The van der Waals surface area contributed by atoms with Gasteiger partial charge in [-0.3, -0.25) is 20.2 Å². The molecule has 0 saturated heterocycles. The van der Waals surface area contributed by atoms with Crippen LogP contribution in [0.25, 0.3) is 136 Å². The molecule has 112 heavy (non-hydrogen) atoms. The van der Waals surface area contributed by atoms with Crippen LogP contribution in [0.2, 0.25) is 20.1 Å². The Labute approximate surface area is 660 Å². The van der Waals surface area contributed by atoms with Gasteiger partial charge in [-0.2, -0.15) is 0 Å². The van der Waals surface area contributed by atoms with Crippen LogP contribution in [-0.4, -0.2) is 87.5 Å². The van der Waals surface area contributed by atoms with E-state index in [2.05, 4.69) is 19.9 Å². The zero-order valence-electron chi connectivity index (χ0n) is 59.4. The van der Waals surface area contributed by atoms with E-state index >= 15 is 0 Å². The minimum absolute atomic E-state index is 0.0111. The van der Waals surface area contributed by atoms with Crippen LogP contribution in [-0.2, 0) is 0 Å². The number of phenolic OH excluding ortho intramolecular Hbond substituents is 6. The molecular formula is C87H64Cl4N10O11. The topological polar surface area (TPSA) is 332 Å². The summed E-state index contributed by atoms with van der Waals surface area (Å²) in [6, 6.07) is 79.9. The van der Waals surface area contributed by atoms with Gasteiger partial charge in [0.25, 0.3) is 11.4 Å². The summed E-state index contributed by atoms with van der Waals surface area (Å²) in [4.78, 5) is 53.8. The number of nitrogens with zero attached hydrogens (tertiary/aromatic N) is 6. The highest BCUT2D eigenvalue weighted by Crippen LogP contribution is 2.45. The minimum atomic E-state index is -0.430. The van der Waals surface area contributed by atoms with E-state index in [0.717, 1.165) is 72.7 Å². The maximum absolute atomic E-state index is 11.3. The molecule has 25 heteroatoms. The van der Waals surface area contributed by atoms with Crippen molar-refractivity contribution in [1.29, 1.82) is 0 Å².